The molecule has 0 radical (unpaired) electrons. The van der Waals surface area contributed by atoms with E-state index < -0.39 is 37.2 Å². The van der Waals surface area contributed by atoms with Crippen LogP contribution in [0.2, 0.25) is 0 Å². The molecule has 1 unspecified atom stereocenters. The van der Waals surface area contributed by atoms with Crippen LogP contribution in [0.3, 0.4) is 0 Å². The standard InChI is InChI=1S/C23H24F5N7O2S/c1-13-20(22(38-34-13)33-18-11-29-17(10-30-18)23(26,27)28)21(36)32-14-4-5-19(31-9-14)37-16-3-2-6-35(12-16)15(7-24)8-25/h4-5,9-11,15-16H,2-3,6-8,12H2,1H3,(H,30,33)(H,32,36). The van der Waals surface area contributed by atoms with Crippen LogP contribution in [0.1, 0.15) is 34.6 Å². The molecule has 9 nitrogen and oxygen atoms in total. The molecule has 1 aliphatic heterocycles. The van der Waals surface area contributed by atoms with Crippen LogP contribution in [-0.2, 0) is 6.18 Å². The Bertz CT molecular complexity index is 1220. The largest absolute Gasteiger partial charge is 0.473 e. The van der Waals surface area contributed by atoms with Gasteiger partial charge < -0.3 is 15.4 Å². The lowest BCUT2D eigenvalue weighted by Gasteiger charge is -2.35. The van der Waals surface area contributed by atoms with E-state index in [4.69, 9.17) is 4.74 Å². The van der Waals surface area contributed by atoms with Gasteiger partial charge in [-0.1, -0.05) is 0 Å². The number of ether oxygens (including phenoxy) is 1. The number of piperidine rings is 1. The number of nitrogens with one attached hydrogen (secondary N) is 2. The Morgan fingerprint density at radius 1 is 1.18 bits per heavy atom. The van der Waals surface area contributed by atoms with E-state index in [1.54, 1.807) is 24.0 Å². The molecule has 2 N–H and O–H groups in total. The number of hydrogen-bond acceptors (Lipinski definition) is 9. The van der Waals surface area contributed by atoms with Crippen molar-refractivity contribution in [1.82, 2.24) is 24.2 Å². The third-order valence-electron chi connectivity index (χ3n) is 5.84. The van der Waals surface area contributed by atoms with Gasteiger partial charge in [0.15, 0.2) is 5.69 Å². The van der Waals surface area contributed by atoms with Crippen molar-refractivity contribution in [2.45, 2.75) is 38.1 Å². The first-order valence-electron chi connectivity index (χ1n) is 11.6. The monoisotopic (exact) mass is 557 g/mol. The highest BCUT2D eigenvalue weighted by Crippen LogP contribution is 2.30. The number of carbonyl (C=O) groups is 1. The number of likely N-dealkylation sites (tertiary alicyclic amines) is 1. The van der Waals surface area contributed by atoms with Gasteiger partial charge in [-0.2, -0.15) is 17.5 Å². The second-order valence-corrected chi connectivity index (χ2v) is 9.33. The van der Waals surface area contributed by atoms with E-state index in [0.29, 0.717) is 36.5 Å². The number of rotatable bonds is 9. The Hall–Kier alpha value is -3.46. The van der Waals surface area contributed by atoms with Crippen molar-refractivity contribution in [1.29, 1.82) is 0 Å². The van der Waals surface area contributed by atoms with Crippen LogP contribution in [0.25, 0.3) is 0 Å². The number of halogens is 5. The van der Waals surface area contributed by atoms with Gasteiger partial charge in [-0.25, -0.2) is 23.7 Å². The van der Waals surface area contributed by atoms with E-state index in [2.05, 4.69) is 30.0 Å². The SMILES string of the molecule is Cc1nsc(Nc2cnc(C(F)(F)F)cn2)c1C(=O)Nc1ccc(OC2CCCN(C(CF)CF)C2)nc1. The van der Waals surface area contributed by atoms with Crippen molar-refractivity contribution in [3.05, 3.63) is 47.7 Å². The molecule has 3 aromatic rings. The zero-order valence-electron chi connectivity index (χ0n) is 20.1. The molecule has 1 amide bonds. The summed E-state index contributed by atoms with van der Waals surface area (Å²) in [5.74, 6) is -0.187. The molecule has 15 heteroatoms. The number of amides is 1. The maximum atomic E-state index is 13.0. The van der Waals surface area contributed by atoms with E-state index >= 15 is 0 Å². The molecule has 1 aliphatic rings. The van der Waals surface area contributed by atoms with E-state index in [0.717, 1.165) is 30.6 Å². The maximum Gasteiger partial charge on any atom is 0.434 e. The fourth-order valence-corrected chi connectivity index (χ4v) is 4.70. The van der Waals surface area contributed by atoms with Crippen LogP contribution in [0.4, 0.5) is 38.5 Å². The predicted molar refractivity (Wildman–Crippen MR) is 130 cm³/mol. The summed E-state index contributed by atoms with van der Waals surface area (Å²) in [5, 5.41) is 5.76. The number of aromatic nitrogens is 4. The second kappa shape index (κ2) is 11.9. The lowest BCUT2D eigenvalue weighted by atomic mass is 10.1. The van der Waals surface area contributed by atoms with Crippen molar-refractivity contribution >= 4 is 33.9 Å². The van der Waals surface area contributed by atoms with Gasteiger partial charge in [-0.05, 0) is 43.9 Å². The molecular formula is C23H24F5N7O2S. The van der Waals surface area contributed by atoms with Gasteiger partial charge in [-0.15, -0.1) is 0 Å². The number of carbonyl (C=O) groups excluding carboxylic acids is 1. The summed E-state index contributed by atoms with van der Waals surface area (Å²) in [4.78, 5) is 26.0. The lowest BCUT2D eigenvalue weighted by molar-refractivity contribution is -0.141. The second-order valence-electron chi connectivity index (χ2n) is 8.56. The third kappa shape index (κ3) is 6.69. The van der Waals surface area contributed by atoms with Gasteiger partial charge in [-0.3, -0.25) is 9.69 Å². The molecule has 1 fully saturated rings. The first-order chi connectivity index (χ1) is 18.2. The average molecular weight is 558 g/mol. The normalized spacial score (nSPS) is 16.4. The van der Waals surface area contributed by atoms with Crippen LogP contribution in [0, 0.1) is 6.92 Å². The Kier molecular flexibility index (Phi) is 8.66. The molecule has 0 spiro atoms. The molecule has 38 heavy (non-hydrogen) atoms. The van der Waals surface area contributed by atoms with Crippen molar-refractivity contribution in [3.8, 4) is 5.88 Å². The highest BCUT2D eigenvalue weighted by Gasteiger charge is 2.33. The Morgan fingerprint density at radius 3 is 2.61 bits per heavy atom. The number of anilines is 3. The molecule has 4 rings (SSSR count). The van der Waals surface area contributed by atoms with E-state index in [9.17, 15) is 26.7 Å². The highest BCUT2D eigenvalue weighted by molar-refractivity contribution is 7.10. The topological polar surface area (TPSA) is 105 Å². The number of hydrogen-bond donors (Lipinski definition) is 2. The minimum absolute atomic E-state index is 0.0181. The van der Waals surface area contributed by atoms with Gasteiger partial charge in [0.25, 0.3) is 5.91 Å². The minimum Gasteiger partial charge on any atom is -0.473 e. The fraction of sp³-hybridized carbons (Fsp3) is 0.435. The average Bonchev–Trinajstić information content (AvgIpc) is 3.26. The van der Waals surface area contributed by atoms with Crippen molar-refractivity contribution in [2.24, 2.45) is 0 Å². The summed E-state index contributed by atoms with van der Waals surface area (Å²) in [6.45, 7) is 1.10. The van der Waals surface area contributed by atoms with Gasteiger partial charge in [0.2, 0.25) is 5.88 Å². The van der Waals surface area contributed by atoms with Crippen molar-refractivity contribution < 1.29 is 31.5 Å². The van der Waals surface area contributed by atoms with Gasteiger partial charge in [0, 0.05) is 12.6 Å². The summed E-state index contributed by atoms with van der Waals surface area (Å²) in [6.07, 6.45) is -0.484. The van der Waals surface area contributed by atoms with E-state index in [-0.39, 0.29) is 22.5 Å². The van der Waals surface area contributed by atoms with Crippen molar-refractivity contribution in [3.63, 3.8) is 0 Å². The van der Waals surface area contributed by atoms with Crippen LogP contribution in [0.5, 0.6) is 5.88 Å². The Morgan fingerprint density at radius 2 is 1.97 bits per heavy atom. The number of nitrogens with zero attached hydrogens (tertiary/aromatic N) is 5. The highest BCUT2D eigenvalue weighted by atomic mass is 32.1. The zero-order valence-corrected chi connectivity index (χ0v) is 21.0. The molecule has 4 heterocycles. The third-order valence-corrected chi connectivity index (χ3v) is 6.69. The van der Waals surface area contributed by atoms with Gasteiger partial charge >= 0.3 is 6.18 Å². The first kappa shape index (κ1) is 27.6. The van der Waals surface area contributed by atoms with Gasteiger partial charge in [0.1, 0.15) is 30.3 Å². The van der Waals surface area contributed by atoms with Crippen LogP contribution < -0.4 is 15.4 Å². The quantitative estimate of drug-likeness (QED) is 0.362. The molecule has 0 bridgehead atoms. The number of pyridine rings is 1. The molecule has 0 aliphatic carbocycles. The first-order valence-corrected chi connectivity index (χ1v) is 12.4. The van der Waals surface area contributed by atoms with Crippen molar-refractivity contribution in [2.75, 3.05) is 37.1 Å². The summed E-state index contributed by atoms with van der Waals surface area (Å²) in [7, 11) is 0. The summed E-state index contributed by atoms with van der Waals surface area (Å²) in [6, 6.07) is 2.40. The summed E-state index contributed by atoms with van der Waals surface area (Å²) in [5.41, 5.74) is -0.168. The molecule has 0 aromatic carbocycles. The number of alkyl halides is 5. The maximum absolute atomic E-state index is 13.0. The fourth-order valence-electron chi connectivity index (χ4n) is 3.90. The summed E-state index contributed by atoms with van der Waals surface area (Å²) < 4.78 is 74.3. The van der Waals surface area contributed by atoms with E-state index in [1.807, 2.05) is 0 Å². The van der Waals surface area contributed by atoms with Gasteiger partial charge in [0.05, 0.1) is 41.6 Å². The van der Waals surface area contributed by atoms with Crippen LogP contribution >= 0.6 is 11.5 Å². The summed E-state index contributed by atoms with van der Waals surface area (Å²) >= 11 is 0.948. The Balaban J connectivity index is 1.37. The number of aryl methyl sites for hydroxylation is 1. The molecule has 0 saturated carbocycles. The molecule has 204 valence electrons. The molecule has 1 saturated heterocycles. The molecule has 3 aromatic heterocycles. The molecule has 1 atom stereocenters. The lowest BCUT2D eigenvalue weighted by Crippen LogP contribution is -2.48. The predicted octanol–water partition coefficient (Wildman–Crippen LogP) is 4.80. The van der Waals surface area contributed by atoms with E-state index in [1.165, 1.54) is 6.20 Å². The smallest absolute Gasteiger partial charge is 0.434 e. The van der Waals surface area contributed by atoms with Crippen LogP contribution in [-0.4, -0.2) is 68.7 Å². The zero-order chi connectivity index (χ0) is 27.3. The minimum atomic E-state index is -4.61. The molecular weight excluding hydrogens is 533 g/mol. The Labute approximate surface area is 218 Å². The van der Waals surface area contributed by atoms with Crippen LogP contribution in [0.15, 0.2) is 30.7 Å².